The number of aliphatic hydroxyl groups is 1. The molecular weight excluding hydrogens is 266 g/mol. The number of hydrogen-bond donors (Lipinski definition) is 2. The van der Waals surface area contributed by atoms with Gasteiger partial charge in [-0.3, -0.25) is 4.79 Å². The van der Waals surface area contributed by atoms with E-state index in [4.69, 9.17) is 24.1 Å². The number of hydrogen-bond acceptors (Lipinski definition) is 6. The minimum absolute atomic E-state index is 0.00795. The standard InChI is InChI=1S/C13H19NO6/c1-17-8-19-10-3-4-11(13(16)14-5-6-15)12(7-10)20-9-18-2/h3-4,7,15H,5-6,8-9H2,1-2H3,(H,14,16). The highest BCUT2D eigenvalue weighted by Gasteiger charge is 2.13. The first kappa shape index (κ1) is 16.2. The highest BCUT2D eigenvalue weighted by molar-refractivity contribution is 5.97. The smallest absolute Gasteiger partial charge is 0.255 e. The normalized spacial score (nSPS) is 10.2. The summed E-state index contributed by atoms with van der Waals surface area (Å²) in [6, 6.07) is 4.78. The molecule has 0 aliphatic carbocycles. The van der Waals surface area contributed by atoms with E-state index in [1.807, 2.05) is 0 Å². The zero-order valence-electron chi connectivity index (χ0n) is 11.5. The average Bonchev–Trinajstić information content (AvgIpc) is 2.48. The fraction of sp³-hybridized carbons (Fsp3) is 0.462. The number of rotatable bonds is 9. The molecule has 1 rings (SSSR count). The van der Waals surface area contributed by atoms with Gasteiger partial charge >= 0.3 is 0 Å². The van der Waals surface area contributed by atoms with E-state index < -0.39 is 0 Å². The van der Waals surface area contributed by atoms with Crippen LogP contribution in [0, 0.1) is 0 Å². The molecule has 0 heterocycles. The fourth-order valence-electron chi connectivity index (χ4n) is 1.41. The first-order valence-corrected chi connectivity index (χ1v) is 5.99. The molecule has 0 bridgehead atoms. The summed E-state index contributed by atoms with van der Waals surface area (Å²) >= 11 is 0. The van der Waals surface area contributed by atoms with Crippen LogP contribution in [-0.2, 0) is 9.47 Å². The van der Waals surface area contributed by atoms with Gasteiger partial charge in [0.25, 0.3) is 5.91 Å². The van der Waals surface area contributed by atoms with E-state index in [1.54, 1.807) is 18.2 Å². The predicted molar refractivity (Wildman–Crippen MR) is 70.9 cm³/mol. The van der Waals surface area contributed by atoms with Crippen molar-refractivity contribution in [3.05, 3.63) is 23.8 Å². The number of carbonyl (C=O) groups is 1. The molecule has 7 heteroatoms. The first-order valence-electron chi connectivity index (χ1n) is 5.99. The van der Waals surface area contributed by atoms with Gasteiger partial charge in [-0.25, -0.2) is 0 Å². The summed E-state index contributed by atoms with van der Waals surface area (Å²) < 4.78 is 20.2. The molecule has 0 saturated heterocycles. The molecule has 112 valence electrons. The number of carbonyl (C=O) groups excluding carboxylic acids is 1. The van der Waals surface area contributed by atoms with Crippen molar-refractivity contribution in [1.29, 1.82) is 0 Å². The van der Waals surface area contributed by atoms with Gasteiger partial charge in [0, 0.05) is 26.8 Å². The molecule has 2 N–H and O–H groups in total. The second-order valence-electron chi connectivity index (χ2n) is 3.74. The van der Waals surface area contributed by atoms with Crippen LogP contribution < -0.4 is 14.8 Å². The van der Waals surface area contributed by atoms with Gasteiger partial charge in [0.05, 0.1) is 12.2 Å². The molecule has 20 heavy (non-hydrogen) atoms. The van der Waals surface area contributed by atoms with Crippen molar-refractivity contribution in [3.63, 3.8) is 0 Å². The van der Waals surface area contributed by atoms with Crippen LogP contribution in [-0.4, -0.2) is 52.0 Å². The van der Waals surface area contributed by atoms with Crippen molar-refractivity contribution in [3.8, 4) is 11.5 Å². The van der Waals surface area contributed by atoms with Crippen molar-refractivity contribution in [2.24, 2.45) is 0 Å². The Balaban J connectivity index is 2.87. The van der Waals surface area contributed by atoms with Crippen LogP contribution in [0.4, 0.5) is 0 Å². The molecular formula is C13H19NO6. The zero-order valence-corrected chi connectivity index (χ0v) is 11.5. The van der Waals surface area contributed by atoms with Crippen LogP contribution in [0.1, 0.15) is 10.4 Å². The molecule has 0 atom stereocenters. The lowest BCUT2D eigenvalue weighted by Crippen LogP contribution is -2.27. The quantitative estimate of drug-likeness (QED) is 0.638. The summed E-state index contributed by atoms with van der Waals surface area (Å²) in [5.41, 5.74) is 0.334. The van der Waals surface area contributed by atoms with E-state index in [1.165, 1.54) is 14.2 Å². The lowest BCUT2D eigenvalue weighted by atomic mass is 10.1. The molecule has 0 unspecified atom stereocenters. The third-order valence-corrected chi connectivity index (χ3v) is 2.27. The van der Waals surface area contributed by atoms with Crippen molar-refractivity contribution in [1.82, 2.24) is 5.32 Å². The van der Waals surface area contributed by atoms with E-state index >= 15 is 0 Å². The predicted octanol–water partition coefficient (Wildman–Crippen LogP) is 0.374. The average molecular weight is 285 g/mol. The molecule has 1 aromatic carbocycles. The summed E-state index contributed by atoms with van der Waals surface area (Å²) in [5.74, 6) is 0.496. The lowest BCUT2D eigenvalue weighted by molar-refractivity contribution is 0.0454. The Kier molecular flexibility index (Phi) is 7.41. The summed E-state index contributed by atoms with van der Waals surface area (Å²) in [6.45, 7) is 0.146. The number of methoxy groups -OCH3 is 2. The number of aliphatic hydroxyl groups excluding tert-OH is 1. The molecule has 0 aliphatic heterocycles. The summed E-state index contributed by atoms with van der Waals surface area (Å²) in [6.07, 6.45) is 0. The minimum atomic E-state index is -0.344. The van der Waals surface area contributed by atoms with Gasteiger partial charge in [-0.15, -0.1) is 0 Å². The molecule has 0 fully saturated rings. The highest BCUT2D eigenvalue weighted by atomic mass is 16.7. The summed E-state index contributed by atoms with van der Waals surface area (Å²) in [5, 5.41) is 11.3. The second kappa shape index (κ2) is 9.13. The van der Waals surface area contributed by atoms with Crippen LogP contribution in [0.5, 0.6) is 11.5 Å². The van der Waals surface area contributed by atoms with Gasteiger partial charge in [0.15, 0.2) is 13.6 Å². The molecule has 0 aliphatic rings. The molecule has 7 nitrogen and oxygen atoms in total. The largest absolute Gasteiger partial charge is 0.467 e. The monoisotopic (exact) mass is 285 g/mol. The maximum Gasteiger partial charge on any atom is 0.255 e. The first-order chi connectivity index (χ1) is 9.72. The maximum atomic E-state index is 11.9. The number of ether oxygens (including phenoxy) is 4. The highest BCUT2D eigenvalue weighted by Crippen LogP contribution is 2.25. The molecule has 0 radical (unpaired) electrons. The Labute approximate surface area is 117 Å². The van der Waals surface area contributed by atoms with E-state index in [-0.39, 0.29) is 32.6 Å². The zero-order chi connectivity index (χ0) is 14.8. The van der Waals surface area contributed by atoms with Crippen molar-refractivity contribution in [2.45, 2.75) is 0 Å². The number of amides is 1. The van der Waals surface area contributed by atoms with Gasteiger partial charge in [-0.2, -0.15) is 0 Å². The van der Waals surface area contributed by atoms with Gasteiger partial charge in [0.2, 0.25) is 0 Å². The SMILES string of the molecule is COCOc1ccc(C(=O)NCCO)c(OCOC)c1. The van der Waals surface area contributed by atoms with Crippen LogP contribution in [0.2, 0.25) is 0 Å². The van der Waals surface area contributed by atoms with Gasteiger partial charge in [0.1, 0.15) is 11.5 Å². The topological polar surface area (TPSA) is 86.3 Å². The van der Waals surface area contributed by atoms with Crippen LogP contribution in [0.15, 0.2) is 18.2 Å². The maximum absolute atomic E-state index is 11.9. The second-order valence-corrected chi connectivity index (χ2v) is 3.74. The third-order valence-electron chi connectivity index (χ3n) is 2.27. The molecule has 1 amide bonds. The summed E-state index contributed by atoms with van der Waals surface area (Å²) in [4.78, 5) is 11.9. The van der Waals surface area contributed by atoms with Crippen molar-refractivity contribution >= 4 is 5.91 Å². The third kappa shape index (κ3) is 5.04. The van der Waals surface area contributed by atoms with E-state index in [0.29, 0.717) is 17.1 Å². The van der Waals surface area contributed by atoms with Crippen molar-refractivity contribution < 1.29 is 28.8 Å². The van der Waals surface area contributed by atoms with Crippen LogP contribution in [0.3, 0.4) is 0 Å². The number of benzene rings is 1. The minimum Gasteiger partial charge on any atom is -0.467 e. The molecule has 1 aromatic rings. The van der Waals surface area contributed by atoms with Gasteiger partial charge in [-0.05, 0) is 12.1 Å². The summed E-state index contributed by atoms with van der Waals surface area (Å²) in [7, 11) is 3.00. The Bertz CT molecular complexity index is 423. The fourth-order valence-corrected chi connectivity index (χ4v) is 1.41. The van der Waals surface area contributed by atoms with Crippen molar-refractivity contribution in [2.75, 3.05) is 41.0 Å². The van der Waals surface area contributed by atoms with Gasteiger partial charge in [-0.1, -0.05) is 0 Å². The Morgan fingerprint density at radius 3 is 2.55 bits per heavy atom. The number of nitrogens with one attached hydrogen (secondary N) is 1. The lowest BCUT2D eigenvalue weighted by Gasteiger charge is -2.13. The van der Waals surface area contributed by atoms with Gasteiger partial charge < -0.3 is 29.4 Å². The molecule has 0 aromatic heterocycles. The van der Waals surface area contributed by atoms with E-state index in [9.17, 15) is 4.79 Å². The molecule has 0 spiro atoms. The van der Waals surface area contributed by atoms with Crippen LogP contribution >= 0.6 is 0 Å². The van der Waals surface area contributed by atoms with Crippen LogP contribution in [0.25, 0.3) is 0 Å². The Hall–Kier alpha value is -1.83. The van der Waals surface area contributed by atoms with E-state index in [2.05, 4.69) is 5.32 Å². The molecule has 0 saturated carbocycles. The van der Waals surface area contributed by atoms with E-state index in [0.717, 1.165) is 0 Å². The Morgan fingerprint density at radius 1 is 1.20 bits per heavy atom. The Morgan fingerprint density at radius 2 is 1.90 bits per heavy atom.